The van der Waals surface area contributed by atoms with E-state index in [1.807, 2.05) is 0 Å². The third-order valence-corrected chi connectivity index (χ3v) is 5.05. The molecule has 0 saturated carbocycles. The number of carbonyl (C=O) groups is 1. The van der Waals surface area contributed by atoms with Crippen molar-refractivity contribution in [2.24, 2.45) is 0 Å². The first-order chi connectivity index (χ1) is 9.24. The highest BCUT2D eigenvalue weighted by atomic mass is 32.3. The lowest BCUT2D eigenvalue weighted by Crippen LogP contribution is -2.29. The van der Waals surface area contributed by atoms with E-state index in [9.17, 15) is 13.2 Å². The molecule has 0 aromatic carbocycles. The fourth-order valence-corrected chi connectivity index (χ4v) is 3.04. The average molecular weight is 320 g/mol. The number of nitrogens with zero attached hydrogens (tertiary/aromatic N) is 4. The summed E-state index contributed by atoms with van der Waals surface area (Å²) in [4.78, 5) is 17.6. The number of aromatic nitrogens is 3. The van der Waals surface area contributed by atoms with Gasteiger partial charge in [0.15, 0.2) is 20.8 Å². The van der Waals surface area contributed by atoms with Crippen LogP contribution in [0.1, 0.15) is 25.6 Å². The van der Waals surface area contributed by atoms with Crippen LogP contribution in [0.4, 0.5) is 4.79 Å². The summed E-state index contributed by atoms with van der Waals surface area (Å²) in [6.07, 6.45) is 3.75. The lowest BCUT2D eigenvalue weighted by Gasteiger charge is -2.10. The summed E-state index contributed by atoms with van der Waals surface area (Å²) in [5, 5.41) is 4.36. The van der Waals surface area contributed by atoms with E-state index in [0.29, 0.717) is 17.4 Å². The Labute approximate surface area is 123 Å². The van der Waals surface area contributed by atoms with Gasteiger partial charge >= 0.3 is 6.03 Å². The fraction of sp³-hybridized carbons (Fsp3) is 0.727. The Bertz CT molecular complexity index is 566. The van der Waals surface area contributed by atoms with Crippen LogP contribution in [0.2, 0.25) is 0 Å². The molecule has 0 spiro atoms. The molecule has 1 heterocycles. The normalized spacial score (nSPS) is 11.6. The van der Waals surface area contributed by atoms with E-state index in [1.54, 1.807) is 14.1 Å². The van der Waals surface area contributed by atoms with Crippen LogP contribution in [-0.4, -0.2) is 59.5 Å². The Morgan fingerprint density at radius 3 is 2.55 bits per heavy atom. The zero-order valence-electron chi connectivity index (χ0n) is 12.2. The lowest BCUT2D eigenvalue weighted by molar-refractivity contribution is 0.213. The fourth-order valence-electron chi connectivity index (χ4n) is 1.35. The number of amides is 1. The molecular formula is C11H20N4O3S2. The van der Waals surface area contributed by atoms with Crippen LogP contribution < -0.4 is 0 Å². The summed E-state index contributed by atoms with van der Waals surface area (Å²) in [5.41, 5.74) is 0. The molecule has 1 rings (SSSR count). The quantitative estimate of drug-likeness (QED) is 0.733. The Kier molecular flexibility index (Phi) is 6.00. The first kappa shape index (κ1) is 17.0. The zero-order chi connectivity index (χ0) is 15.3. The minimum atomic E-state index is -3.14. The van der Waals surface area contributed by atoms with E-state index < -0.39 is 9.84 Å². The molecule has 0 aliphatic rings. The van der Waals surface area contributed by atoms with E-state index in [4.69, 9.17) is 0 Å². The molecule has 0 aliphatic heterocycles. The maximum absolute atomic E-state index is 12.0. The summed E-state index contributed by atoms with van der Waals surface area (Å²) in [5.74, 6) is 0.568. The number of rotatable bonds is 6. The van der Waals surface area contributed by atoms with E-state index in [1.165, 1.54) is 9.58 Å². The van der Waals surface area contributed by atoms with Crippen LogP contribution in [0.25, 0.3) is 0 Å². The molecule has 0 unspecified atom stereocenters. The third kappa shape index (κ3) is 5.12. The van der Waals surface area contributed by atoms with Crippen LogP contribution in [0.3, 0.4) is 0 Å². The highest BCUT2D eigenvalue weighted by molar-refractivity contribution is 8.12. The predicted molar refractivity (Wildman–Crippen MR) is 78.7 cm³/mol. The topological polar surface area (TPSA) is 85.2 Å². The van der Waals surface area contributed by atoms with E-state index in [-0.39, 0.29) is 11.1 Å². The summed E-state index contributed by atoms with van der Waals surface area (Å²) in [7, 11) is 0.0879. The van der Waals surface area contributed by atoms with Gasteiger partial charge in [0.1, 0.15) is 5.08 Å². The molecule has 0 atom stereocenters. The molecule has 9 heteroatoms. The van der Waals surface area contributed by atoms with Crippen molar-refractivity contribution in [2.45, 2.75) is 31.3 Å². The van der Waals surface area contributed by atoms with Crippen molar-refractivity contribution >= 4 is 27.6 Å². The molecule has 0 saturated heterocycles. The smallest absolute Gasteiger partial charge is 0.329 e. The van der Waals surface area contributed by atoms with Crippen LogP contribution in [0, 0.1) is 0 Å². The molecule has 1 amide bonds. The van der Waals surface area contributed by atoms with Gasteiger partial charge in [0.2, 0.25) is 0 Å². The van der Waals surface area contributed by atoms with Crippen LogP contribution in [0.15, 0.2) is 5.16 Å². The molecule has 114 valence electrons. The lowest BCUT2D eigenvalue weighted by atomic mass is 10.2. The number of carbonyl (C=O) groups excluding carboxylic acids is 1. The maximum Gasteiger partial charge on any atom is 0.346 e. The molecule has 0 aliphatic carbocycles. The number of aryl methyl sites for hydroxylation is 1. The van der Waals surface area contributed by atoms with Crippen molar-refractivity contribution in [3.63, 3.8) is 0 Å². The third-order valence-electron chi connectivity index (χ3n) is 2.34. The Morgan fingerprint density at radius 2 is 2.05 bits per heavy atom. The Hall–Kier alpha value is -1.09. The van der Waals surface area contributed by atoms with Gasteiger partial charge in [-0.05, 0) is 6.42 Å². The van der Waals surface area contributed by atoms with Crippen LogP contribution in [0.5, 0.6) is 0 Å². The van der Waals surface area contributed by atoms with Crippen molar-refractivity contribution in [1.82, 2.24) is 19.7 Å². The Balaban J connectivity index is 2.99. The standard InChI is InChI=1S/C11H20N4O3S2/c1-5-6-7-9-12-10(19-8-20(4,17)18)15(13-9)11(16)14(2)3/h5-8H2,1-4H3. The summed E-state index contributed by atoms with van der Waals surface area (Å²) in [6.45, 7) is 2.06. The summed E-state index contributed by atoms with van der Waals surface area (Å²) in [6, 6.07) is -0.337. The van der Waals surface area contributed by atoms with Crippen molar-refractivity contribution in [1.29, 1.82) is 0 Å². The second-order valence-corrected chi connectivity index (χ2v) is 8.14. The Morgan fingerprint density at radius 1 is 1.40 bits per heavy atom. The number of thioether (sulfide) groups is 1. The molecule has 20 heavy (non-hydrogen) atoms. The highest BCUT2D eigenvalue weighted by Gasteiger charge is 2.19. The van der Waals surface area contributed by atoms with Crippen molar-refractivity contribution < 1.29 is 13.2 Å². The molecule has 0 bridgehead atoms. The minimum Gasteiger partial charge on any atom is -0.329 e. The van der Waals surface area contributed by atoms with Crippen molar-refractivity contribution in [2.75, 3.05) is 25.4 Å². The van der Waals surface area contributed by atoms with Gasteiger partial charge in [0, 0.05) is 26.8 Å². The molecule has 0 fully saturated rings. The second-order valence-electron chi connectivity index (χ2n) is 4.69. The average Bonchev–Trinajstić information content (AvgIpc) is 2.75. The van der Waals surface area contributed by atoms with Gasteiger partial charge in [0.25, 0.3) is 0 Å². The van der Waals surface area contributed by atoms with Gasteiger partial charge in [0.05, 0.1) is 0 Å². The molecule has 0 radical (unpaired) electrons. The summed E-state index contributed by atoms with van der Waals surface area (Å²) >= 11 is 1.01. The van der Waals surface area contributed by atoms with E-state index >= 15 is 0 Å². The zero-order valence-corrected chi connectivity index (χ0v) is 13.8. The predicted octanol–water partition coefficient (Wildman–Crippen LogP) is 1.24. The van der Waals surface area contributed by atoms with Gasteiger partial charge in [-0.3, -0.25) is 0 Å². The van der Waals surface area contributed by atoms with Gasteiger partial charge in [-0.25, -0.2) is 18.2 Å². The molecular weight excluding hydrogens is 300 g/mol. The maximum atomic E-state index is 12.0. The van der Waals surface area contributed by atoms with Gasteiger partial charge in [-0.15, -0.1) is 5.10 Å². The molecule has 7 nitrogen and oxygen atoms in total. The summed E-state index contributed by atoms with van der Waals surface area (Å²) < 4.78 is 23.6. The largest absolute Gasteiger partial charge is 0.346 e. The first-order valence-corrected chi connectivity index (χ1v) is 9.27. The number of hydrogen-bond acceptors (Lipinski definition) is 6. The van der Waals surface area contributed by atoms with Crippen LogP contribution in [-0.2, 0) is 16.3 Å². The van der Waals surface area contributed by atoms with Crippen molar-refractivity contribution in [3.05, 3.63) is 5.82 Å². The van der Waals surface area contributed by atoms with Gasteiger partial charge in [-0.2, -0.15) is 4.68 Å². The molecule has 1 aromatic heterocycles. The number of sulfone groups is 1. The molecule has 1 aromatic rings. The SMILES string of the molecule is CCCCc1nc(SCS(C)(=O)=O)n(C(=O)N(C)C)n1. The minimum absolute atomic E-state index is 0.125. The van der Waals surface area contributed by atoms with E-state index in [0.717, 1.165) is 30.9 Å². The molecule has 0 N–H and O–H groups in total. The number of unbranched alkanes of at least 4 members (excludes halogenated alkanes) is 1. The number of hydrogen-bond donors (Lipinski definition) is 0. The second kappa shape index (κ2) is 7.07. The van der Waals surface area contributed by atoms with E-state index in [2.05, 4.69) is 17.0 Å². The van der Waals surface area contributed by atoms with Gasteiger partial charge in [-0.1, -0.05) is 25.1 Å². The van der Waals surface area contributed by atoms with Crippen LogP contribution >= 0.6 is 11.8 Å². The van der Waals surface area contributed by atoms with Crippen molar-refractivity contribution in [3.8, 4) is 0 Å². The van der Waals surface area contributed by atoms with Gasteiger partial charge < -0.3 is 4.90 Å². The first-order valence-electron chi connectivity index (χ1n) is 6.22. The monoisotopic (exact) mass is 320 g/mol. The highest BCUT2D eigenvalue weighted by Crippen LogP contribution is 2.18.